The van der Waals surface area contributed by atoms with E-state index in [1.165, 1.54) is 16.8 Å². The predicted molar refractivity (Wildman–Crippen MR) is 76.4 cm³/mol. The summed E-state index contributed by atoms with van der Waals surface area (Å²) >= 11 is 0. The van der Waals surface area contributed by atoms with E-state index in [0.717, 1.165) is 18.5 Å². The van der Waals surface area contributed by atoms with E-state index in [1.807, 2.05) is 24.1 Å². The molecule has 1 aliphatic rings. The van der Waals surface area contributed by atoms with Crippen LogP contribution in [0.25, 0.3) is 11.1 Å². The van der Waals surface area contributed by atoms with E-state index in [-0.39, 0.29) is 12.5 Å². The number of hydrogen-bond donors (Lipinski definition) is 1. The zero-order valence-corrected chi connectivity index (χ0v) is 11.4. The van der Waals surface area contributed by atoms with Crippen LogP contribution in [0.2, 0.25) is 0 Å². The zero-order valence-electron chi connectivity index (χ0n) is 11.4. The Morgan fingerprint density at radius 3 is 2.84 bits per heavy atom. The summed E-state index contributed by atoms with van der Waals surface area (Å²) in [5.74, 6) is 0.253. The van der Waals surface area contributed by atoms with Crippen molar-refractivity contribution in [3.63, 3.8) is 0 Å². The van der Waals surface area contributed by atoms with E-state index in [4.69, 9.17) is 0 Å². The summed E-state index contributed by atoms with van der Waals surface area (Å²) in [4.78, 5) is 2.26. The molecule has 1 aliphatic heterocycles. The Kier molecular flexibility index (Phi) is 3.03. The summed E-state index contributed by atoms with van der Waals surface area (Å²) in [6.45, 7) is 1.22. The van der Waals surface area contributed by atoms with Crippen molar-refractivity contribution in [1.29, 1.82) is 0 Å². The first-order valence-corrected chi connectivity index (χ1v) is 6.64. The van der Waals surface area contributed by atoms with Gasteiger partial charge in [-0.05, 0) is 29.7 Å². The fourth-order valence-corrected chi connectivity index (χ4v) is 2.79. The first-order chi connectivity index (χ1) is 9.19. The molecular weight excluding hydrogens is 238 g/mol. The highest BCUT2D eigenvalue weighted by atomic mass is 16.3. The SMILES string of the molecule is CN1CC[C@@H](CO)c2cc(-c3cnn(C)c3)ccc21. The van der Waals surface area contributed by atoms with Crippen LogP contribution in [0.5, 0.6) is 0 Å². The highest BCUT2D eigenvalue weighted by Crippen LogP contribution is 2.36. The molecule has 0 saturated heterocycles. The number of fused-ring (bicyclic) bond motifs is 1. The molecular formula is C15H19N3O. The molecule has 1 aromatic heterocycles. The highest BCUT2D eigenvalue weighted by molar-refractivity contribution is 5.69. The third-order valence-corrected chi connectivity index (χ3v) is 3.95. The number of hydrogen-bond acceptors (Lipinski definition) is 3. The van der Waals surface area contributed by atoms with E-state index in [2.05, 4.69) is 35.2 Å². The number of aryl methyl sites for hydroxylation is 1. The molecule has 0 fully saturated rings. The maximum absolute atomic E-state index is 9.55. The first kappa shape index (κ1) is 12.2. The quantitative estimate of drug-likeness (QED) is 0.894. The van der Waals surface area contributed by atoms with Crippen LogP contribution in [0.4, 0.5) is 5.69 Å². The fraction of sp³-hybridized carbons (Fsp3) is 0.400. The number of aliphatic hydroxyl groups excluding tert-OH is 1. The van der Waals surface area contributed by atoms with E-state index in [9.17, 15) is 5.11 Å². The number of anilines is 1. The lowest BCUT2D eigenvalue weighted by Crippen LogP contribution is -2.28. The first-order valence-electron chi connectivity index (χ1n) is 6.64. The summed E-state index contributed by atoms with van der Waals surface area (Å²) in [5.41, 5.74) is 4.77. The van der Waals surface area contributed by atoms with Gasteiger partial charge in [0.1, 0.15) is 0 Å². The van der Waals surface area contributed by atoms with Crippen LogP contribution in [0.15, 0.2) is 30.6 Å². The van der Waals surface area contributed by atoms with Crippen LogP contribution in [0.3, 0.4) is 0 Å². The molecule has 2 aromatic rings. The topological polar surface area (TPSA) is 41.3 Å². The Morgan fingerprint density at radius 2 is 2.16 bits per heavy atom. The monoisotopic (exact) mass is 257 g/mol. The molecule has 3 rings (SSSR count). The van der Waals surface area contributed by atoms with Gasteiger partial charge in [0.25, 0.3) is 0 Å². The van der Waals surface area contributed by atoms with Crippen LogP contribution >= 0.6 is 0 Å². The van der Waals surface area contributed by atoms with Gasteiger partial charge in [0.15, 0.2) is 0 Å². The second kappa shape index (κ2) is 4.70. The second-order valence-corrected chi connectivity index (χ2v) is 5.27. The molecule has 2 heterocycles. The molecule has 1 aromatic carbocycles. The van der Waals surface area contributed by atoms with Crippen molar-refractivity contribution in [3.8, 4) is 11.1 Å². The normalized spacial score (nSPS) is 18.5. The zero-order chi connectivity index (χ0) is 13.4. The minimum absolute atomic E-state index is 0.220. The molecule has 0 bridgehead atoms. The van der Waals surface area contributed by atoms with Gasteiger partial charge in [-0.25, -0.2) is 0 Å². The minimum atomic E-state index is 0.220. The molecule has 0 aliphatic carbocycles. The lowest BCUT2D eigenvalue weighted by atomic mass is 9.89. The molecule has 4 heteroatoms. The van der Waals surface area contributed by atoms with Gasteiger partial charge in [0, 0.05) is 44.0 Å². The van der Waals surface area contributed by atoms with E-state index in [1.54, 1.807) is 0 Å². The van der Waals surface area contributed by atoms with Gasteiger partial charge in [0.2, 0.25) is 0 Å². The second-order valence-electron chi connectivity index (χ2n) is 5.27. The van der Waals surface area contributed by atoms with Crippen molar-refractivity contribution in [3.05, 3.63) is 36.2 Å². The summed E-state index contributed by atoms with van der Waals surface area (Å²) in [6.07, 6.45) is 4.90. The van der Waals surface area contributed by atoms with Crippen molar-refractivity contribution in [1.82, 2.24) is 9.78 Å². The Hall–Kier alpha value is -1.81. The maximum Gasteiger partial charge on any atom is 0.0568 e. The van der Waals surface area contributed by atoms with Crippen molar-refractivity contribution >= 4 is 5.69 Å². The summed E-state index contributed by atoms with van der Waals surface area (Å²) in [6, 6.07) is 6.48. The molecule has 0 amide bonds. The molecule has 1 atom stereocenters. The Bertz CT molecular complexity index is 591. The number of rotatable bonds is 2. The van der Waals surface area contributed by atoms with Crippen molar-refractivity contribution < 1.29 is 5.11 Å². The van der Waals surface area contributed by atoms with Crippen LogP contribution in [0, 0.1) is 0 Å². The lowest BCUT2D eigenvalue weighted by molar-refractivity contribution is 0.257. The maximum atomic E-state index is 9.55. The van der Waals surface area contributed by atoms with Crippen LogP contribution < -0.4 is 4.90 Å². The third kappa shape index (κ3) is 2.12. The van der Waals surface area contributed by atoms with Gasteiger partial charge in [-0.15, -0.1) is 0 Å². The van der Waals surface area contributed by atoms with Gasteiger partial charge in [0.05, 0.1) is 12.8 Å². The number of aromatic nitrogens is 2. The Morgan fingerprint density at radius 1 is 1.32 bits per heavy atom. The van der Waals surface area contributed by atoms with Crippen molar-refractivity contribution in [2.24, 2.45) is 7.05 Å². The van der Waals surface area contributed by atoms with Crippen LogP contribution in [0.1, 0.15) is 17.9 Å². The molecule has 0 radical (unpaired) electrons. The summed E-state index contributed by atoms with van der Waals surface area (Å²) < 4.78 is 1.81. The van der Waals surface area contributed by atoms with E-state index >= 15 is 0 Å². The van der Waals surface area contributed by atoms with Gasteiger partial charge < -0.3 is 10.0 Å². The Balaban J connectivity index is 2.06. The Labute approximate surface area is 113 Å². The van der Waals surface area contributed by atoms with Crippen LogP contribution in [-0.2, 0) is 7.05 Å². The summed E-state index contributed by atoms with van der Waals surface area (Å²) in [7, 11) is 4.03. The standard InChI is InChI=1S/C15H19N3O/c1-17-6-5-12(10-19)14-7-11(3-4-15(14)17)13-8-16-18(2)9-13/h3-4,7-9,12,19H,5-6,10H2,1-2H3/t12-/m0/s1. The third-order valence-electron chi connectivity index (χ3n) is 3.95. The molecule has 0 saturated carbocycles. The number of aliphatic hydroxyl groups is 1. The fourth-order valence-electron chi connectivity index (χ4n) is 2.79. The highest BCUT2D eigenvalue weighted by Gasteiger charge is 2.23. The average molecular weight is 257 g/mol. The average Bonchev–Trinajstić information content (AvgIpc) is 2.86. The van der Waals surface area contributed by atoms with E-state index in [0.29, 0.717) is 0 Å². The van der Waals surface area contributed by atoms with Gasteiger partial charge in [-0.2, -0.15) is 5.10 Å². The molecule has 4 nitrogen and oxygen atoms in total. The smallest absolute Gasteiger partial charge is 0.0568 e. The molecule has 0 spiro atoms. The number of benzene rings is 1. The van der Waals surface area contributed by atoms with Crippen molar-refractivity contribution in [2.75, 3.05) is 25.1 Å². The lowest BCUT2D eigenvalue weighted by Gasteiger charge is -2.32. The minimum Gasteiger partial charge on any atom is -0.396 e. The molecule has 0 unspecified atom stereocenters. The van der Waals surface area contributed by atoms with Gasteiger partial charge >= 0.3 is 0 Å². The van der Waals surface area contributed by atoms with E-state index < -0.39 is 0 Å². The van der Waals surface area contributed by atoms with Crippen LogP contribution in [-0.4, -0.2) is 35.1 Å². The molecule has 1 N–H and O–H groups in total. The molecule has 100 valence electrons. The number of nitrogens with zero attached hydrogens (tertiary/aromatic N) is 3. The predicted octanol–water partition coefficient (Wildman–Crippen LogP) is 2.00. The molecule has 19 heavy (non-hydrogen) atoms. The van der Waals surface area contributed by atoms with Gasteiger partial charge in [-0.3, -0.25) is 4.68 Å². The largest absolute Gasteiger partial charge is 0.396 e. The van der Waals surface area contributed by atoms with Gasteiger partial charge in [-0.1, -0.05) is 6.07 Å². The summed E-state index contributed by atoms with van der Waals surface area (Å²) in [5, 5.41) is 13.8. The van der Waals surface area contributed by atoms with Crippen molar-refractivity contribution in [2.45, 2.75) is 12.3 Å².